The van der Waals surface area contributed by atoms with E-state index in [2.05, 4.69) is 10.3 Å². The summed E-state index contributed by atoms with van der Waals surface area (Å²) < 4.78 is 40.0. The molecule has 1 fully saturated rings. The second kappa shape index (κ2) is 11.4. The Morgan fingerprint density at radius 3 is 2.54 bits per heavy atom. The molecule has 0 unspecified atom stereocenters. The number of aromatic nitrogens is 2. The monoisotopic (exact) mass is 528 g/mol. The molecule has 10 nitrogen and oxygen atoms in total. The van der Waals surface area contributed by atoms with Crippen LogP contribution in [0.5, 0.6) is 5.88 Å². The quantitative estimate of drug-likeness (QED) is 0.453. The second-order valence-corrected chi connectivity index (χ2v) is 10.7. The molecule has 0 saturated carbocycles. The fraction of sp³-hybridized carbons (Fsp3) is 0.423. The Kier molecular flexibility index (Phi) is 8.25. The number of hydrogen-bond acceptors (Lipinski definition) is 7. The summed E-state index contributed by atoms with van der Waals surface area (Å²) >= 11 is 0. The van der Waals surface area contributed by atoms with Crippen LogP contribution in [0.1, 0.15) is 48.7 Å². The molecule has 198 valence electrons. The first kappa shape index (κ1) is 26.8. The van der Waals surface area contributed by atoms with Crippen molar-refractivity contribution in [1.29, 1.82) is 0 Å². The summed E-state index contributed by atoms with van der Waals surface area (Å²) in [6.45, 7) is 5.22. The van der Waals surface area contributed by atoms with Gasteiger partial charge in [0.2, 0.25) is 15.9 Å². The summed E-state index contributed by atoms with van der Waals surface area (Å²) in [7, 11) is -2.28. The first-order valence-corrected chi connectivity index (χ1v) is 13.8. The zero-order chi connectivity index (χ0) is 26.6. The van der Waals surface area contributed by atoms with Gasteiger partial charge in [-0.2, -0.15) is 4.31 Å². The predicted molar refractivity (Wildman–Crippen MR) is 139 cm³/mol. The first-order chi connectivity index (χ1) is 17.8. The first-order valence-electron chi connectivity index (χ1n) is 12.3. The van der Waals surface area contributed by atoms with E-state index in [1.807, 2.05) is 13.8 Å². The van der Waals surface area contributed by atoms with Crippen molar-refractivity contribution in [3.8, 4) is 5.88 Å². The summed E-state index contributed by atoms with van der Waals surface area (Å²) in [4.78, 5) is 31.1. The molecule has 1 N–H and O–H groups in total. The van der Waals surface area contributed by atoms with Gasteiger partial charge < -0.3 is 19.4 Å². The lowest BCUT2D eigenvalue weighted by atomic mass is 10.1. The van der Waals surface area contributed by atoms with Gasteiger partial charge in [0.1, 0.15) is 0 Å². The Labute approximate surface area is 216 Å². The minimum absolute atomic E-state index is 0.00619. The third-order valence-corrected chi connectivity index (χ3v) is 8.69. The number of nitrogens with zero attached hydrogens (tertiary/aromatic N) is 3. The molecule has 0 atom stereocenters. The van der Waals surface area contributed by atoms with Gasteiger partial charge in [0.05, 0.1) is 36.2 Å². The van der Waals surface area contributed by atoms with Crippen molar-refractivity contribution in [1.82, 2.24) is 19.2 Å². The van der Waals surface area contributed by atoms with Crippen LogP contribution in [0.25, 0.3) is 10.8 Å². The van der Waals surface area contributed by atoms with Crippen LogP contribution in [0, 0.1) is 0 Å². The number of carbonyl (C=O) groups is 1. The van der Waals surface area contributed by atoms with Crippen molar-refractivity contribution in [2.75, 3.05) is 33.4 Å². The smallest absolute Gasteiger partial charge is 0.258 e. The zero-order valence-electron chi connectivity index (χ0n) is 21.3. The van der Waals surface area contributed by atoms with Crippen molar-refractivity contribution < 1.29 is 22.7 Å². The maximum absolute atomic E-state index is 13.4. The van der Waals surface area contributed by atoms with Gasteiger partial charge in [0.25, 0.3) is 11.5 Å². The Morgan fingerprint density at radius 1 is 1.16 bits per heavy atom. The van der Waals surface area contributed by atoms with Crippen molar-refractivity contribution in [3.63, 3.8) is 0 Å². The van der Waals surface area contributed by atoms with Gasteiger partial charge in [-0.25, -0.2) is 13.4 Å². The highest BCUT2D eigenvalue weighted by Gasteiger charge is 2.28. The van der Waals surface area contributed by atoms with E-state index < -0.39 is 15.9 Å². The van der Waals surface area contributed by atoms with Crippen LogP contribution in [0.4, 0.5) is 0 Å². The van der Waals surface area contributed by atoms with E-state index >= 15 is 0 Å². The maximum Gasteiger partial charge on any atom is 0.258 e. The predicted octanol–water partition coefficient (Wildman–Crippen LogP) is 2.72. The van der Waals surface area contributed by atoms with Gasteiger partial charge in [0, 0.05) is 49.5 Å². The SMILES string of the molecule is CCC(CC)n1cc(C(=O)NCc2ccccc2S(=O)(=O)N2CCOCC2)c2cnc(OC)cc2c1=O. The molecule has 11 heteroatoms. The van der Waals surface area contributed by atoms with Crippen LogP contribution in [-0.4, -0.2) is 61.6 Å². The topological polar surface area (TPSA) is 120 Å². The Morgan fingerprint density at radius 2 is 1.86 bits per heavy atom. The van der Waals surface area contributed by atoms with Crippen LogP contribution < -0.4 is 15.6 Å². The molecule has 3 aromatic rings. The molecule has 0 aliphatic carbocycles. The van der Waals surface area contributed by atoms with Gasteiger partial charge in [-0.15, -0.1) is 0 Å². The van der Waals surface area contributed by atoms with Gasteiger partial charge in [-0.05, 0) is 24.5 Å². The summed E-state index contributed by atoms with van der Waals surface area (Å²) in [5.41, 5.74) is 0.535. The lowest BCUT2D eigenvalue weighted by molar-refractivity contribution is 0.0730. The van der Waals surface area contributed by atoms with E-state index in [-0.39, 0.29) is 47.6 Å². The molecule has 1 aliphatic rings. The highest BCUT2D eigenvalue weighted by atomic mass is 32.2. The van der Waals surface area contributed by atoms with E-state index in [1.165, 1.54) is 23.7 Å². The van der Waals surface area contributed by atoms with Crippen molar-refractivity contribution in [2.45, 2.75) is 44.2 Å². The number of carbonyl (C=O) groups excluding carboxylic acids is 1. The largest absolute Gasteiger partial charge is 0.481 e. The number of sulfonamides is 1. The lowest BCUT2D eigenvalue weighted by Crippen LogP contribution is -2.41. The van der Waals surface area contributed by atoms with Gasteiger partial charge >= 0.3 is 0 Å². The minimum atomic E-state index is -3.75. The summed E-state index contributed by atoms with van der Waals surface area (Å²) in [6.07, 6.45) is 4.47. The number of nitrogens with one attached hydrogen (secondary N) is 1. The summed E-state index contributed by atoms with van der Waals surface area (Å²) in [5.74, 6) is -0.157. The molecule has 1 aliphatic heterocycles. The highest BCUT2D eigenvalue weighted by molar-refractivity contribution is 7.89. The molecule has 0 radical (unpaired) electrons. The van der Waals surface area contributed by atoms with Gasteiger partial charge in [-0.1, -0.05) is 32.0 Å². The van der Waals surface area contributed by atoms with Crippen LogP contribution in [-0.2, 0) is 21.3 Å². The van der Waals surface area contributed by atoms with E-state index in [0.717, 1.165) is 12.8 Å². The molecule has 0 spiro atoms. The van der Waals surface area contributed by atoms with E-state index in [0.29, 0.717) is 29.5 Å². The molecule has 1 amide bonds. The number of methoxy groups -OCH3 is 1. The number of benzene rings is 1. The van der Waals surface area contributed by atoms with Gasteiger partial charge in [-0.3, -0.25) is 9.59 Å². The maximum atomic E-state index is 13.4. The molecule has 1 aromatic carbocycles. The third kappa shape index (κ3) is 5.39. The molecule has 2 aromatic heterocycles. The van der Waals surface area contributed by atoms with E-state index in [4.69, 9.17) is 9.47 Å². The fourth-order valence-electron chi connectivity index (χ4n) is 4.58. The number of rotatable bonds is 9. The number of morpholine rings is 1. The number of amides is 1. The highest BCUT2D eigenvalue weighted by Crippen LogP contribution is 2.24. The normalized spacial score (nSPS) is 14.7. The Hall–Kier alpha value is -3.28. The number of pyridine rings is 2. The standard InChI is InChI=1S/C26H32N4O6S/c1-4-19(5-2)30-17-22(21-16-27-24(35-3)14-20(21)26(30)32)25(31)28-15-18-8-6-7-9-23(18)37(33,34)29-10-12-36-13-11-29/h6-9,14,16-17,19H,4-5,10-13,15H2,1-3H3,(H,28,31). The van der Waals surface area contributed by atoms with Crippen LogP contribution in [0.15, 0.2) is 52.4 Å². The zero-order valence-corrected chi connectivity index (χ0v) is 22.1. The molecular weight excluding hydrogens is 496 g/mol. The molecule has 37 heavy (non-hydrogen) atoms. The van der Waals surface area contributed by atoms with Crippen LogP contribution >= 0.6 is 0 Å². The fourth-order valence-corrected chi connectivity index (χ4v) is 6.21. The average Bonchev–Trinajstić information content (AvgIpc) is 2.94. The van der Waals surface area contributed by atoms with Gasteiger partial charge in [0.15, 0.2) is 0 Å². The van der Waals surface area contributed by atoms with E-state index in [9.17, 15) is 18.0 Å². The molecule has 1 saturated heterocycles. The van der Waals surface area contributed by atoms with Crippen molar-refractivity contribution >= 4 is 26.7 Å². The second-order valence-electron chi connectivity index (χ2n) is 8.80. The van der Waals surface area contributed by atoms with Crippen LogP contribution in [0.3, 0.4) is 0 Å². The van der Waals surface area contributed by atoms with Crippen molar-refractivity contribution in [2.24, 2.45) is 0 Å². The Bertz CT molecular complexity index is 1440. The molecular formula is C26H32N4O6S. The number of ether oxygens (including phenoxy) is 2. The average molecular weight is 529 g/mol. The summed E-state index contributed by atoms with van der Waals surface area (Å²) in [5, 5.41) is 3.59. The number of fused-ring (bicyclic) bond motifs is 1. The molecule has 4 rings (SSSR count). The molecule has 3 heterocycles. The third-order valence-electron chi connectivity index (χ3n) is 6.69. The Balaban J connectivity index is 1.69. The number of hydrogen-bond donors (Lipinski definition) is 1. The minimum Gasteiger partial charge on any atom is -0.481 e. The van der Waals surface area contributed by atoms with E-state index in [1.54, 1.807) is 35.0 Å². The summed E-state index contributed by atoms with van der Waals surface area (Å²) in [6, 6.07) is 8.09. The van der Waals surface area contributed by atoms with Crippen LogP contribution in [0.2, 0.25) is 0 Å². The van der Waals surface area contributed by atoms with Crippen molar-refractivity contribution in [3.05, 3.63) is 64.2 Å². The lowest BCUT2D eigenvalue weighted by Gasteiger charge is -2.27. The molecule has 0 bridgehead atoms.